The van der Waals surface area contributed by atoms with Crippen LogP contribution in [-0.4, -0.2) is 20.7 Å². The van der Waals surface area contributed by atoms with Crippen molar-refractivity contribution in [1.82, 2.24) is 14.8 Å². The molecule has 0 bridgehead atoms. The summed E-state index contributed by atoms with van der Waals surface area (Å²) in [5.41, 5.74) is 6.47. The van der Waals surface area contributed by atoms with E-state index in [9.17, 15) is 4.79 Å². The highest BCUT2D eigenvalue weighted by molar-refractivity contribution is 5.79. The summed E-state index contributed by atoms with van der Waals surface area (Å²) in [4.78, 5) is 24.0. The number of hydrogen-bond acceptors (Lipinski definition) is 3. The molecule has 0 saturated heterocycles. The number of rotatable bonds is 12. The van der Waals surface area contributed by atoms with Gasteiger partial charge in [0.15, 0.2) is 0 Å². The largest absolute Gasteiger partial charge is 0.334 e. The molecule has 4 heteroatoms. The van der Waals surface area contributed by atoms with Gasteiger partial charge in [-0.15, -0.1) is 0 Å². The molecule has 5 aromatic carbocycles. The maximum absolute atomic E-state index is 14.5. The number of carbonyl (C=O) groups is 1. The smallest absolute Gasteiger partial charge is 0.225 e. The lowest BCUT2D eigenvalue weighted by molar-refractivity contribution is -0.134. The third kappa shape index (κ3) is 7.66. The highest BCUT2D eigenvalue weighted by Crippen LogP contribution is 2.30. The number of fused-ring (bicyclic) bond motifs is 1. The van der Waals surface area contributed by atoms with Crippen LogP contribution in [0.5, 0.6) is 0 Å². The first-order valence-corrected chi connectivity index (χ1v) is 15.2. The van der Waals surface area contributed by atoms with Crippen molar-refractivity contribution < 1.29 is 4.79 Å². The van der Waals surface area contributed by atoms with E-state index in [4.69, 9.17) is 4.98 Å². The van der Waals surface area contributed by atoms with Crippen LogP contribution in [0, 0.1) is 0 Å². The van der Waals surface area contributed by atoms with Crippen LogP contribution in [0.25, 0.3) is 10.9 Å². The van der Waals surface area contributed by atoms with E-state index in [1.165, 1.54) is 11.1 Å². The number of carbonyl (C=O) groups excluding carboxylic acids is 1. The normalized spacial score (nSPS) is 11.8. The first-order valence-electron chi connectivity index (χ1n) is 15.2. The van der Waals surface area contributed by atoms with E-state index < -0.39 is 0 Å². The second kappa shape index (κ2) is 14.4. The molecule has 1 heterocycles. The monoisotopic (exact) mass is 575 g/mol. The Bertz CT molecular complexity index is 1680. The second-order valence-corrected chi connectivity index (χ2v) is 11.2. The molecule has 0 spiro atoms. The minimum atomic E-state index is -0.235. The quantitative estimate of drug-likeness (QED) is 0.147. The lowest BCUT2D eigenvalue weighted by Crippen LogP contribution is -2.36. The molecule has 1 unspecified atom stereocenters. The number of aromatic nitrogens is 1. The number of benzene rings is 5. The molecule has 0 aliphatic heterocycles. The van der Waals surface area contributed by atoms with E-state index in [1.807, 2.05) is 71.6 Å². The van der Waals surface area contributed by atoms with Gasteiger partial charge in [0.1, 0.15) is 0 Å². The Morgan fingerprint density at radius 2 is 0.932 bits per heavy atom. The molecule has 1 atom stereocenters. The number of hydrogen-bond donors (Lipinski definition) is 0. The fraction of sp³-hybridized carbons (Fsp3) is 0.150. The molecule has 218 valence electrons. The average molecular weight is 576 g/mol. The van der Waals surface area contributed by atoms with Crippen molar-refractivity contribution in [1.29, 1.82) is 0 Å². The Balaban J connectivity index is 1.38. The minimum absolute atomic E-state index is 0.101. The van der Waals surface area contributed by atoms with Gasteiger partial charge in [-0.2, -0.15) is 0 Å². The van der Waals surface area contributed by atoms with Gasteiger partial charge in [-0.1, -0.05) is 146 Å². The molecule has 0 radical (unpaired) electrons. The summed E-state index contributed by atoms with van der Waals surface area (Å²) in [5.74, 6) is 0.101. The summed E-state index contributed by atoms with van der Waals surface area (Å²) in [6.45, 7) is 2.48. The van der Waals surface area contributed by atoms with E-state index in [0.29, 0.717) is 32.6 Å². The van der Waals surface area contributed by atoms with Gasteiger partial charge in [0.25, 0.3) is 0 Å². The van der Waals surface area contributed by atoms with Crippen LogP contribution in [0.1, 0.15) is 40.4 Å². The second-order valence-electron chi connectivity index (χ2n) is 11.2. The molecule has 4 nitrogen and oxygen atoms in total. The van der Waals surface area contributed by atoms with Gasteiger partial charge in [0.2, 0.25) is 5.91 Å². The van der Waals surface area contributed by atoms with Crippen molar-refractivity contribution in [2.75, 3.05) is 0 Å². The Morgan fingerprint density at radius 3 is 1.43 bits per heavy atom. The first-order chi connectivity index (χ1) is 21.7. The molecule has 1 amide bonds. The number of para-hydroxylation sites is 1. The lowest BCUT2D eigenvalue weighted by atomic mass is 10.0. The molecule has 6 rings (SSSR count). The highest BCUT2D eigenvalue weighted by Gasteiger charge is 2.28. The van der Waals surface area contributed by atoms with E-state index in [2.05, 4.69) is 95.9 Å². The molecule has 0 aliphatic rings. The van der Waals surface area contributed by atoms with Gasteiger partial charge < -0.3 is 4.90 Å². The SMILES string of the molecule is O=C(CC(c1ccc2ccccc2n1)N(Cc1ccccc1)Cc1ccccc1)N(Cc1ccccc1)Cc1ccccc1. The maximum atomic E-state index is 14.5. The molecule has 0 N–H and O–H groups in total. The zero-order valence-corrected chi connectivity index (χ0v) is 24.9. The third-order valence-electron chi connectivity index (χ3n) is 8.01. The predicted octanol–water partition coefficient (Wildman–Crippen LogP) is 8.60. The van der Waals surface area contributed by atoms with Crippen molar-refractivity contribution in [3.05, 3.63) is 186 Å². The van der Waals surface area contributed by atoms with Crippen LogP contribution in [0.4, 0.5) is 0 Å². The zero-order valence-electron chi connectivity index (χ0n) is 24.9. The van der Waals surface area contributed by atoms with Gasteiger partial charge in [0, 0.05) is 38.0 Å². The molecule has 0 fully saturated rings. The fourth-order valence-electron chi connectivity index (χ4n) is 5.73. The zero-order chi connectivity index (χ0) is 30.0. The molecule has 0 saturated carbocycles. The van der Waals surface area contributed by atoms with E-state index in [-0.39, 0.29) is 11.9 Å². The third-order valence-corrected chi connectivity index (χ3v) is 8.01. The van der Waals surface area contributed by atoms with Crippen LogP contribution in [0.15, 0.2) is 158 Å². The van der Waals surface area contributed by atoms with Crippen molar-refractivity contribution in [3.8, 4) is 0 Å². The van der Waals surface area contributed by atoms with Gasteiger partial charge in [0.05, 0.1) is 17.3 Å². The summed E-state index contributed by atoms with van der Waals surface area (Å²) in [7, 11) is 0. The van der Waals surface area contributed by atoms with Gasteiger partial charge in [-0.3, -0.25) is 14.7 Å². The highest BCUT2D eigenvalue weighted by atomic mass is 16.2. The fourth-order valence-corrected chi connectivity index (χ4v) is 5.73. The Hall–Kier alpha value is -5.06. The Kier molecular flexibility index (Phi) is 9.51. The van der Waals surface area contributed by atoms with Crippen LogP contribution in [0.2, 0.25) is 0 Å². The average Bonchev–Trinajstić information content (AvgIpc) is 3.08. The molecule has 6 aromatic rings. The van der Waals surface area contributed by atoms with Crippen molar-refractivity contribution in [3.63, 3.8) is 0 Å². The summed E-state index contributed by atoms with van der Waals surface area (Å²) >= 11 is 0. The summed E-state index contributed by atoms with van der Waals surface area (Å²) < 4.78 is 0. The van der Waals surface area contributed by atoms with Gasteiger partial charge in [-0.25, -0.2) is 0 Å². The van der Waals surface area contributed by atoms with E-state index in [1.54, 1.807) is 0 Å². The molecule has 1 aromatic heterocycles. The Morgan fingerprint density at radius 1 is 0.500 bits per heavy atom. The van der Waals surface area contributed by atoms with Crippen molar-refractivity contribution >= 4 is 16.8 Å². The van der Waals surface area contributed by atoms with Gasteiger partial charge >= 0.3 is 0 Å². The number of pyridine rings is 1. The van der Waals surface area contributed by atoms with Crippen LogP contribution >= 0.6 is 0 Å². The summed E-state index contributed by atoms with van der Waals surface area (Å²) in [6, 6.07) is 53.7. The van der Waals surface area contributed by atoms with E-state index in [0.717, 1.165) is 27.7 Å². The summed E-state index contributed by atoms with van der Waals surface area (Å²) in [6.07, 6.45) is 0.310. The topological polar surface area (TPSA) is 36.4 Å². The predicted molar refractivity (Wildman–Crippen MR) is 178 cm³/mol. The van der Waals surface area contributed by atoms with E-state index >= 15 is 0 Å². The van der Waals surface area contributed by atoms with Crippen LogP contribution in [-0.2, 0) is 31.0 Å². The van der Waals surface area contributed by atoms with Crippen LogP contribution < -0.4 is 0 Å². The summed E-state index contributed by atoms with van der Waals surface area (Å²) in [5, 5.41) is 1.09. The number of nitrogens with zero attached hydrogens (tertiary/aromatic N) is 3. The molecule has 0 aliphatic carbocycles. The van der Waals surface area contributed by atoms with Crippen LogP contribution in [0.3, 0.4) is 0 Å². The Labute approximate surface area is 260 Å². The maximum Gasteiger partial charge on any atom is 0.225 e. The van der Waals surface area contributed by atoms with Crippen molar-refractivity contribution in [2.24, 2.45) is 0 Å². The lowest BCUT2D eigenvalue weighted by Gasteiger charge is -2.33. The van der Waals surface area contributed by atoms with Crippen molar-refractivity contribution in [2.45, 2.75) is 38.6 Å². The molecular formula is C40H37N3O. The minimum Gasteiger partial charge on any atom is -0.334 e. The first kappa shape index (κ1) is 29.0. The molecular weight excluding hydrogens is 538 g/mol. The van der Waals surface area contributed by atoms with Gasteiger partial charge in [-0.05, 0) is 34.4 Å². The standard InChI is InChI=1S/C40H37N3O/c44-40(43(30-34-19-9-3-10-20-34)31-35-21-11-4-12-22-35)27-39(38-26-25-36-23-13-14-24-37(36)41-38)42(28-32-15-5-1-6-16-32)29-33-17-7-2-8-18-33/h1-26,39H,27-31H2. The number of amides is 1. The molecule has 44 heavy (non-hydrogen) atoms.